The highest BCUT2D eigenvalue weighted by Gasteiger charge is 2.30. The number of aliphatic hydroxyl groups excluding tert-OH is 1. The molecule has 1 aliphatic rings. The Morgan fingerprint density at radius 3 is 2.82 bits per heavy atom. The van der Waals surface area contributed by atoms with Crippen LogP contribution in [0.25, 0.3) is 0 Å². The monoisotopic (exact) mass is 243 g/mol. The molecule has 0 aromatic rings. The summed E-state index contributed by atoms with van der Waals surface area (Å²) in [5, 5.41) is 12.4. The third-order valence-corrected chi connectivity index (χ3v) is 3.80. The van der Waals surface area contributed by atoms with Gasteiger partial charge in [-0.15, -0.1) is 0 Å². The maximum Gasteiger partial charge on any atom is 0.0443 e. The predicted molar refractivity (Wildman–Crippen MR) is 72.1 cm³/mol. The van der Waals surface area contributed by atoms with Crippen LogP contribution < -0.4 is 11.1 Å². The minimum atomic E-state index is 0.109. The average Bonchev–Trinajstić information content (AvgIpc) is 2.54. The molecule has 4 N–H and O–H groups in total. The maximum atomic E-state index is 8.84. The van der Waals surface area contributed by atoms with Gasteiger partial charge in [-0.2, -0.15) is 0 Å². The van der Waals surface area contributed by atoms with Gasteiger partial charge in [0.2, 0.25) is 0 Å². The van der Waals surface area contributed by atoms with Gasteiger partial charge in [0.1, 0.15) is 0 Å². The van der Waals surface area contributed by atoms with Crippen molar-refractivity contribution in [3.05, 3.63) is 0 Å². The van der Waals surface area contributed by atoms with Crippen molar-refractivity contribution in [1.82, 2.24) is 10.2 Å². The molecule has 102 valence electrons. The second kappa shape index (κ2) is 8.03. The van der Waals surface area contributed by atoms with Gasteiger partial charge in [0, 0.05) is 18.7 Å². The number of nitrogens with zero attached hydrogens (tertiary/aromatic N) is 1. The van der Waals surface area contributed by atoms with Crippen LogP contribution in [0.4, 0.5) is 0 Å². The first-order valence-electron chi connectivity index (χ1n) is 7.04. The topological polar surface area (TPSA) is 61.5 Å². The van der Waals surface area contributed by atoms with E-state index in [2.05, 4.69) is 17.1 Å². The molecule has 1 rings (SSSR count). The van der Waals surface area contributed by atoms with E-state index in [1.165, 1.54) is 25.9 Å². The average molecular weight is 243 g/mol. The lowest BCUT2D eigenvalue weighted by molar-refractivity contribution is 0.243. The van der Waals surface area contributed by atoms with E-state index in [1.54, 1.807) is 0 Å². The van der Waals surface area contributed by atoms with E-state index in [0.29, 0.717) is 6.54 Å². The molecule has 1 fully saturated rings. The summed E-state index contributed by atoms with van der Waals surface area (Å²) in [6.45, 7) is 7.64. The summed E-state index contributed by atoms with van der Waals surface area (Å²) in [5.41, 5.74) is 6.07. The fraction of sp³-hybridized carbons (Fsp3) is 1.00. The Morgan fingerprint density at radius 1 is 1.35 bits per heavy atom. The predicted octanol–water partition coefficient (Wildman–Crippen LogP) is 0.552. The molecule has 1 unspecified atom stereocenters. The molecule has 0 radical (unpaired) electrons. The Kier molecular flexibility index (Phi) is 7.04. The van der Waals surface area contributed by atoms with Gasteiger partial charge in [-0.05, 0) is 58.3 Å². The third-order valence-electron chi connectivity index (χ3n) is 3.80. The molecule has 4 heteroatoms. The van der Waals surface area contributed by atoms with Crippen LogP contribution in [-0.4, -0.2) is 54.9 Å². The smallest absolute Gasteiger partial charge is 0.0443 e. The van der Waals surface area contributed by atoms with Gasteiger partial charge in [-0.25, -0.2) is 0 Å². The van der Waals surface area contributed by atoms with Gasteiger partial charge in [0.25, 0.3) is 0 Å². The van der Waals surface area contributed by atoms with E-state index in [4.69, 9.17) is 10.8 Å². The van der Waals surface area contributed by atoms with Gasteiger partial charge in [0.05, 0.1) is 0 Å². The molecular weight excluding hydrogens is 214 g/mol. The van der Waals surface area contributed by atoms with E-state index >= 15 is 0 Å². The van der Waals surface area contributed by atoms with Crippen LogP contribution in [0.2, 0.25) is 0 Å². The van der Waals surface area contributed by atoms with Crippen molar-refractivity contribution in [1.29, 1.82) is 0 Å². The van der Waals surface area contributed by atoms with E-state index in [0.717, 1.165) is 32.4 Å². The third kappa shape index (κ3) is 4.92. The standard InChI is InChI=1S/C13H29N3O/c1-2-8-16-9-3-5-13(12-14,6-10-16)15-7-4-11-17/h15,17H,2-12,14H2,1H3. The highest BCUT2D eigenvalue weighted by molar-refractivity contribution is 4.92. The number of nitrogens with one attached hydrogen (secondary N) is 1. The first-order valence-corrected chi connectivity index (χ1v) is 7.04. The van der Waals surface area contributed by atoms with Gasteiger partial charge >= 0.3 is 0 Å². The fourth-order valence-electron chi connectivity index (χ4n) is 2.68. The van der Waals surface area contributed by atoms with Crippen molar-refractivity contribution in [2.45, 2.75) is 44.6 Å². The Morgan fingerprint density at radius 2 is 2.18 bits per heavy atom. The van der Waals surface area contributed by atoms with Crippen LogP contribution in [0.1, 0.15) is 39.0 Å². The molecule has 0 aromatic heterocycles. The second-order valence-corrected chi connectivity index (χ2v) is 5.18. The highest BCUT2D eigenvalue weighted by atomic mass is 16.3. The summed E-state index contributed by atoms with van der Waals surface area (Å²) < 4.78 is 0. The number of aliphatic hydroxyl groups is 1. The van der Waals surface area contributed by atoms with Crippen molar-refractivity contribution in [2.75, 3.05) is 39.3 Å². The van der Waals surface area contributed by atoms with E-state index in [1.807, 2.05) is 0 Å². The lowest BCUT2D eigenvalue weighted by Gasteiger charge is -2.33. The number of nitrogens with two attached hydrogens (primary N) is 1. The fourth-order valence-corrected chi connectivity index (χ4v) is 2.68. The lowest BCUT2D eigenvalue weighted by Crippen LogP contribution is -2.52. The lowest BCUT2D eigenvalue weighted by atomic mass is 9.90. The molecule has 0 amide bonds. The Bertz CT molecular complexity index is 201. The molecule has 1 aliphatic heterocycles. The van der Waals surface area contributed by atoms with Crippen LogP contribution in [-0.2, 0) is 0 Å². The molecule has 0 bridgehead atoms. The van der Waals surface area contributed by atoms with Crippen molar-refractivity contribution in [3.8, 4) is 0 Å². The van der Waals surface area contributed by atoms with Crippen molar-refractivity contribution in [3.63, 3.8) is 0 Å². The van der Waals surface area contributed by atoms with Gasteiger partial charge in [-0.3, -0.25) is 0 Å². The molecule has 0 aliphatic carbocycles. The zero-order valence-corrected chi connectivity index (χ0v) is 11.2. The second-order valence-electron chi connectivity index (χ2n) is 5.18. The number of hydrogen-bond acceptors (Lipinski definition) is 4. The first kappa shape index (κ1) is 14.9. The summed E-state index contributed by atoms with van der Waals surface area (Å²) in [7, 11) is 0. The SMILES string of the molecule is CCCN1CCCC(CN)(NCCCO)CC1. The number of likely N-dealkylation sites (tertiary alicyclic amines) is 1. The molecular formula is C13H29N3O. The Balaban J connectivity index is 2.43. The number of hydrogen-bond donors (Lipinski definition) is 3. The van der Waals surface area contributed by atoms with Gasteiger partial charge in [-0.1, -0.05) is 6.92 Å². The van der Waals surface area contributed by atoms with Crippen molar-refractivity contribution < 1.29 is 5.11 Å². The molecule has 0 aromatic carbocycles. The van der Waals surface area contributed by atoms with Crippen LogP contribution >= 0.6 is 0 Å². The van der Waals surface area contributed by atoms with E-state index in [-0.39, 0.29) is 12.1 Å². The quantitative estimate of drug-likeness (QED) is 0.572. The minimum Gasteiger partial charge on any atom is -0.396 e. The molecule has 1 heterocycles. The zero-order chi connectivity index (χ0) is 12.6. The normalized spacial score (nSPS) is 27.0. The van der Waals surface area contributed by atoms with Crippen molar-refractivity contribution >= 4 is 0 Å². The molecule has 17 heavy (non-hydrogen) atoms. The highest BCUT2D eigenvalue weighted by Crippen LogP contribution is 2.21. The van der Waals surface area contributed by atoms with E-state index in [9.17, 15) is 0 Å². The molecule has 0 saturated carbocycles. The van der Waals surface area contributed by atoms with E-state index < -0.39 is 0 Å². The summed E-state index contributed by atoms with van der Waals surface area (Å²) in [6.07, 6.45) is 5.57. The van der Waals surface area contributed by atoms with Gasteiger partial charge in [0.15, 0.2) is 0 Å². The number of rotatable bonds is 7. The maximum absolute atomic E-state index is 8.84. The zero-order valence-electron chi connectivity index (χ0n) is 11.2. The van der Waals surface area contributed by atoms with Crippen LogP contribution in [0.15, 0.2) is 0 Å². The Hall–Kier alpha value is -0.160. The molecule has 1 atom stereocenters. The molecule has 4 nitrogen and oxygen atoms in total. The van der Waals surface area contributed by atoms with Crippen LogP contribution in [0.3, 0.4) is 0 Å². The molecule has 0 spiro atoms. The largest absolute Gasteiger partial charge is 0.396 e. The summed E-state index contributed by atoms with van der Waals surface area (Å²) in [6, 6.07) is 0. The Labute approximate surface area is 106 Å². The summed E-state index contributed by atoms with van der Waals surface area (Å²) >= 11 is 0. The minimum absolute atomic E-state index is 0.109. The van der Waals surface area contributed by atoms with Crippen LogP contribution in [0, 0.1) is 0 Å². The van der Waals surface area contributed by atoms with Crippen LogP contribution in [0.5, 0.6) is 0 Å². The summed E-state index contributed by atoms with van der Waals surface area (Å²) in [5.74, 6) is 0. The summed E-state index contributed by atoms with van der Waals surface area (Å²) in [4.78, 5) is 2.55. The van der Waals surface area contributed by atoms with Gasteiger partial charge < -0.3 is 21.1 Å². The molecule has 1 saturated heterocycles. The first-order chi connectivity index (χ1) is 8.26. The van der Waals surface area contributed by atoms with Crippen molar-refractivity contribution in [2.24, 2.45) is 5.73 Å².